The molecular weight excluding hydrogens is 226 g/mol. The summed E-state index contributed by atoms with van der Waals surface area (Å²) in [4.78, 5) is 14.2. The Hall–Kier alpha value is -0.410. The number of aliphatic hydroxyl groups is 1. The Labute approximate surface area is 111 Å². The number of carbonyl (C=O) groups is 1. The first-order valence-electron chi connectivity index (χ1n) is 7.47. The van der Waals surface area contributed by atoms with Crippen molar-refractivity contribution >= 4 is 5.78 Å². The Kier molecular flexibility index (Phi) is 4.79. The minimum atomic E-state index is -0.0656. The topological polar surface area (TPSA) is 40.5 Å². The molecule has 0 saturated heterocycles. The zero-order valence-corrected chi connectivity index (χ0v) is 11.8. The fourth-order valence-electron chi connectivity index (χ4n) is 3.49. The van der Waals surface area contributed by atoms with Crippen LogP contribution in [-0.2, 0) is 4.79 Å². The Balaban J connectivity index is 1.74. The highest BCUT2D eigenvalue weighted by atomic mass is 16.3. The molecule has 0 heterocycles. The number of carbonyl (C=O) groups excluding carboxylic acids is 1. The van der Waals surface area contributed by atoms with Gasteiger partial charge in [-0.05, 0) is 44.6 Å². The lowest BCUT2D eigenvalue weighted by atomic mass is 9.78. The zero-order chi connectivity index (χ0) is 13.1. The maximum absolute atomic E-state index is 11.9. The van der Waals surface area contributed by atoms with Crippen LogP contribution in [0, 0.1) is 17.8 Å². The monoisotopic (exact) mass is 253 g/mol. The molecule has 2 atom stereocenters. The molecule has 2 rings (SSSR count). The summed E-state index contributed by atoms with van der Waals surface area (Å²) in [5.41, 5.74) is 0. The second-order valence-electron chi connectivity index (χ2n) is 6.42. The van der Waals surface area contributed by atoms with Crippen LogP contribution in [0.3, 0.4) is 0 Å². The average molecular weight is 253 g/mol. The van der Waals surface area contributed by atoms with E-state index in [0.29, 0.717) is 11.7 Å². The highest BCUT2D eigenvalue weighted by molar-refractivity contribution is 5.81. The van der Waals surface area contributed by atoms with E-state index in [9.17, 15) is 9.90 Å². The molecule has 2 aliphatic carbocycles. The van der Waals surface area contributed by atoms with Gasteiger partial charge in [0.15, 0.2) is 0 Å². The molecule has 2 aliphatic rings. The van der Waals surface area contributed by atoms with Crippen molar-refractivity contribution in [2.24, 2.45) is 17.8 Å². The SMILES string of the molecule is CCC1CCC(=O)C(CN(C)CC2CC(O)C2)C1. The molecule has 18 heavy (non-hydrogen) atoms. The molecule has 3 nitrogen and oxygen atoms in total. The second-order valence-corrected chi connectivity index (χ2v) is 6.42. The molecule has 104 valence electrons. The first-order valence-corrected chi connectivity index (χ1v) is 7.47. The summed E-state index contributed by atoms with van der Waals surface area (Å²) in [5, 5.41) is 9.29. The second kappa shape index (κ2) is 6.16. The van der Waals surface area contributed by atoms with Crippen molar-refractivity contribution in [1.29, 1.82) is 0 Å². The van der Waals surface area contributed by atoms with E-state index in [2.05, 4.69) is 18.9 Å². The van der Waals surface area contributed by atoms with Gasteiger partial charge in [0.2, 0.25) is 0 Å². The number of nitrogens with zero attached hydrogens (tertiary/aromatic N) is 1. The molecule has 3 heteroatoms. The van der Waals surface area contributed by atoms with E-state index in [1.165, 1.54) is 6.42 Å². The first-order chi connectivity index (χ1) is 8.58. The quantitative estimate of drug-likeness (QED) is 0.815. The third kappa shape index (κ3) is 3.55. The van der Waals surface area contributed by atoms with Crippen LogP contribution in [0.5, 0.6) is 0 Å². The highest BCUT2D eigenvalue weighted by Crippen LogP contribution is 2.31. The lowest BCUT2D eigenvalue weighted by molar-refractivity contribution is -0.126. The van der Waals surface area contributed by atoms with Gasteiger partial charge >= 0.3 is 0 Å². The highest BCUT2D eigenvalue weighted by Gasteiger charge is 2.31. The Morgan fingerprint density at radius 2 is 1.94 bits per heavy atom. The third-order valence-corrected chi connectivity index (χ3v) is 4.76. The van der Waals surface area contributed by atoms with Crippen molar-refractivity contribution in [1.82, 2.24) is 4.90 Å². The maximum atomic E-state index is 11.9. The molecule has 0 radical (unpaired) electrons. The van der Waals surface area contributed by atoms with Crippen molar-refractivity contribution in [2.75, 3.05) is 20.1 Å². The molecule has 0 aliphatic heterocycles. The predicted molar refractivity (Wildman–Crippen MR) is 72.4 cm³/mol. The lowest BCUT2D eigenvalue weighted by Gasteiger charge is -2.36. The van der Waals surface area contributed by atoms with Crippen LogP contribution in [0.1, 0.15) is 45.4 Å². The van der Waals surface area contributed by atoms with Gasteiger partial charge in [-0.15, -0.1) is 0 Å². The van der Waals surface area contributed by atoms with Gasteiger partial charge in [-0.2, -0.15) is 0 Å². The summed E-state index contributed by atoms with van der Waals surface area (Å²) >= 11 is 0. The van der Waals surface area contributed by atoms with Crippen molar-refractivity contribution in [3.63, 3.8) is 0 Å². The molecule has 2 fully saturated rings. The molecule has 0 spiro atoms. The Bertz CT molecular complexity index is 286. The van der Waals surface area contributed by atoms with Crippen molar-refractivity contribution in [2.45, 2.75) is 51.6 Å². The summed E-state index contributed by atoms with van der Waals surface area (Å²) in [7, 11) is 2.12. The van der Waals surface area contributed by atoms with Gasteiger partial charge in [-0.25, -0.2) is 0 Å². The standard InChI is InChI=1S/C15H27NO2/c1-3-11-4-5-15(18)13(6-11)10-16(2)9-12-7-14(17)8-12/h11-14,17H,3-10H2,1-2H3. The normalized spacial score (nSPS) is 36.8. The van der Waals surface area contributed by atoms with Crippen LogP contribution in [0.4, 0.5) is 0 Å². The number of aliphatic hydroxyl groups excluding tert-OH is 1. The fraction of sp³-hybridized carbons (Fsp3) is 0.933. The largest absolute Gasteiger partial charge is 0.393 e. The maximum Gasteiger partial charge on any atom is 0.137 e. The fourth-order valence-corrected chi connectivity index (χ4v) is 3.49. The molecular formula is C15H27NO2. The minimum absolute atomic E-state index is 0.0656. The Morgan fingerprint density at radius 1 is 1.22 bits per heavy atom. The van der Waals surface area contributed by atoms with Crippen LogP contribution in [-0.4, -0.2) is 42.0 Å². The van der Waals surface area contributed by atoms with E-state index >= 15 is 0 Å². The van der Waals surface area contributed by atoms with Gasteiger partial charge < -0.3 is 10.0 Å². The number of Topliss-reactive ketones (excluding diaryl/α,β-unsaturated/α-hetero) is 1. The third-order valence-electron chi connectivity index (χ3n) is 4.76. The van der Waals surface area contributed by atoms with Crippen LogP contribution in [0.25, 0.3) is 0 Å². The van der Waals surface area contributed by atoms with Crippen molar-refractivity contribution in [3.05, 3.63) is 0 Å². The van der Waals surface area contributed by atoms with Crippen LogP contribution < -0.4 is 0 Å². The number of hydrogen-bond acceptors (Lipinski definition) is 3. The average Bonchev–Trinajstić information content (AvgIpc) is 2.30. The summed E-state index contributed by atoms with van der Waals surface area (Å²) in [5.74, 6) is 2.14. The molecule has 0 bridgehead atoms. The van der Waals surface area contributed by atoms with Gasteiger partial charge in [0.1, 0.15) is 5.78 Å². The number of rotatable bonds is 5. The van der Waals surface area contributed by atoms with Gasteiger partial charge in [-0.3, -0.25) is 4.79 Å². The van der Waals surface area contributed by atoms with E-state index in [1.807, 2.05) is 0 Å². The molecule has 1 N–H and O–H groups in total. The summed E-state index contributed by atoms with van der Waals surface area (Å²) in [6.07, 6.45) is 6.02. The zero-order valence-electron chi connectivity index (χ0n) is 11.8. The van der Waals surface area contributed by atoms with Crippen LogP contribution >= 0.6 is 0 Å². The summed E-state index contributed by atoms with van der Waals surface area (Å²) in [6.45, 7) is 4.19. The van der Waals surface area contributed by atoms with E-state index in [0.717, 1.165) is 51.1 Å². The van der Waals surface area contributed by atoms with Gasteiger partial charge in [0.05, 0.1) is 6.10 Å². The number of hydrogen-bond donors (Lipinski definition) is 1. The molecule has 0 aromatic rings. The summed E-state index contributed by atoms with van der Waals surface area (Å²) < 4.78 is 0. The molecule has 2 unspecified atom stereocenters. The number of ketones is 1. The first kappa shape index (κ1) is 14.0. The minimum Gasteiger partial charge on any atom is -0.393 e. The molecule has 2 saturated carbocycles. The van der Waals surface area contributed by atoms with Gasteiger partial charge in [0, 0.05) is 25.4 Å². The van der Waals surface area contributed by atoms with Crippen molar-refractivity contribution < 1.29 is 9.90 Å². The van der Waals surface area contributed by atoms with Crippen molar-refractivity contribution in [3.8, 4) is 0 Å². The van der Waals surface area contributed by atoms with E-state index < -0.39 is 0 Å². The molecule has 0 aromatic heterocycles. The lowest BCUT2D eigenvalue weighted by Crippen LogP contribution is -2.41. The smallest absolute Gasteiger partial charge is 0.137 e. The molecule has 0 aromatic carbocycles. The van der Waals surface area contributed by atoms with Crippen LogP contribution in [0.2, 0.25) is 0 Å². The predicted octanol–water partition coefficient (Wildman–Crippen LogP) is 2.08. The Morgan fingerprint density at radius 3 is 2.56 bits per heavy atom. The van der Waals surface area contributed by atoms with E-state index in [1.54, 1.807) is 0 Å². The van der Waals surface area contributed by atoms with Gasteiger partial charge in [-0.1, -0.05) is 13.3 Å². The molecule has 0 amide bonds. The van der Waals surface area contributed by atoms with Crippen LogP contribution in [0.15, 0.2) is 0 Å². The summed E-state index contributed by atoms with van der Waals surface area (Å²) in [6, 6.07) is 0. The van der Waals surface area contributed by atoms with E-state index in [-0.39, 0.29) is 12.0 Å². The van der Waals surface area contributed by atoms with E-state index in [4.69, 9.17) is 0 Å². The van der Waals surface area contributed by atoms with Gasteiger partial charge in [0.25, 0.3) is 0 Å².